The van der Waals surface area contributed by atoms with Crippen molar-refractivity contribution in [1.82, 2.24) is 13.9 Å². The first-order valence-corrected chi connectivity index (χ1v) is 12.7. The highest BCUT2D eigenvalue weighted by molar-refractivity contribution is 7.89. The van der Waals surface area contributed by atoms with E-state index < -0.39 is 16.3 Å². The minimum Gasteiger partial charge on any atom is -0.395 e. The van der Waals surface area contributed by atoms with Crippen LogP contribution in [0, 0.1) is 0 Å². The summed E-state index contributed by atoms with van der Waals surface area (Å²) in [5.74, 6) is 0.376. The van der Waals surface area contributed by atoms with Gasteiger partial charge in [-0.25, -0.2) is 13.4 Å². The molecule has 2 aliphatic heterocycles. The van der Waals surface area contributed by atoms with Gasteiger partial charge in [-0.3, -0.25) is 0 Å². The number of benzene rings is 3. The van der Waals surface area contributed by atoms with Crippen LogP contribution < -0.4 is 9.47 Å². The highest BCUT2D eigenvalue weighted by Crippen LogP contribution is 2.42. The number of hydrogen-bond donors (Lipinski definition) is 0. The van der Waals surface area contributed by atoms with Gasteiger partial charge in [0, 0.05) is 30.8 Å². The fourth-order valence-corrected chi connectivity index (χ4v) is 6.27. The van der Waals surface area contributed by atoms with Crippen molar-refractivity contribution in [2.24, 2.45) is 0 Å². The van der Waals surface area contributed by atoms with Crippen LogP contribution in [0.3, 0.4) is 0 Å². The molecule has 0 unspecified atom stereocenters. The van der Waals surface area contributed by atoms with Crippen molar-refractivity contribution in [3.63, 3.8) is 0 Å². The average Bonchev–Trinajstić information content (AvgIpc) is 3.40. The predicted octanol–water partition coefficient (Wildman–Crippen LogP) is 5.05. The van der Waals surface area contributed by atoms with E-state index in [1.54, 1.807) is 0 Å². The van der Waals surface area contributed by atoms with Crippen LogP contribution in [0.15, 0.2) is 77.7 Å². The number of halogens is 2. The zero-order valence-corrected chi connectivity index (χ0v) is 19.3. The van der Waals surface area contributed by atoms with Crippen molar-refractivity contribution in [1.29, 1.82) is 0 Å². The summed E-state index contributed by atoms with van der Waals surface area (Å²) in [7, 11) is -3.89. The number of piperidine rings is 1. The Bertz CT molecular complexity index is 1510. The second-order valence-corrected chi connectivity index (χ2v) is 10.5. The summed E-state index contributed by atoms with van der Waals surface area (Å²) in [4.78, 5) is 4.76. The van der Waals surface area contributed by atoms with Gasteiger partial charge in [0.1, 0.15) is 5.82 Å². The van der Waals surface area contributed by atoms with E-state index in [1.807, 2.05) is 54.6 Å². The van der Waals surface area contributed by atoms with Gasteiger partial charge >= 0.3 is 6.29 Å². The minimum absolute atomic E-state index is 0.0551. The lowest BCUT2D eigenvalue weighted by atomic mass is 10.1. The molecule has 0 bridgehead atoms. The molecule has 35 heavy (non-hydrogen) atoms. The molecule has 7 nitrogen and oxygen atoms in total. The van der Waals surface area contributed by atoms with Gasteiger partial charge in [0.05, 0.1) is 15.9 Å². The van der Waals surface area contributed by atoms with E-state index in [2.05, 4.69) is 14.0 Å². The summed E-state index contributed by atoms with van der Waals surface area (Å²) in [6, 6.07) is 21.4. The molecule has 1 saturated heterocycles. The summed E-state index contributed by atoms with van der Waals surface area (Å²) < 4.78 is 65.6. The van der Waals surface area contributed by atoms with Crippen molar-refractivity contribution >= 4 is 21.1 Å². The maximum atomic E-state index is 13.4. The van der Waals surface area contributed by atoms with Crippen molar-refractivity contribution in [2.45, 2.75) is 30.1 Å². The fourth-order valence-electron chi connectivity index (χ4n) is 4.78. The Morgan fingerprint density at radius 3 is 2.34 bits per heavy atom. The number of rotatable bonds is 4. The van der Waals surface area contributed by atoms with Crippen molar-refractivity contribution in [2.75, 3.05) is 13.1 Å². The molecule has 0 radical (unpaired) electrons. The number of aromatic nitrogens is 2. The van der Waals surface area contributed by atoms with E-state index in [1.165, 1.54) is 16.4 Å². The van der Waals surface area contributed by atoms with Gasteiger partial charge in [0.25, 0.3) is 0 Å². The molecule has 0 spiro atoms. The highest BCUT2D eigenvalue weighted by atomic mass is 32.2. The quantitative estimate of drug-likeness (QED) is 0.395. The number of ether oxygens (including phenoxy) is 2. The molecule has 4 aromatic rings. The van der Waals surface area contributed by atoms with Crippen molar-refractivity contribution < 1.29 is 26.7 Å². The van der Waals surface area contributed by atoms with Crippen LogP contribution in [-0.4, -0.2) is 41.7 Å². The van der Waals surface area contributed by atoms with Gasteiger partial charge in [-0.2, -0.15) is 4.31 Å². The lowest BCUT2D eigenvalue weighted by Gasteiger charge is -2.33. The second-order valence-electron chi connectivity index (χ2n) is 8.57. The fraction of sp³-hybridized carbons (Fsp3) is 0.240. The normalized spacial score (nSPS) is 18.2. The Morgan fingerprint density at radius 2 is 1.57 bits per heavy atom. The smallest absolute Gasteiger partial charge is 0.395 e. The molecule has 0 aliphatic carbocycles. The molecule has 2 aliphatic rings. The molecule has 3 heterocycles. The lowest BCUT2D eigenvalue weighted by molar-refractivity contribution is -0.286. The second kappa shape index (κ2) is 8.03. The van der Waals surface area contributed by atoms with Gasteiger partial charge in [0.2, 0.25) is 10.0 Å². The van der Waals surface area contributed by atoms with Crippen LogP contribution in [0.4, 0.5) is 8.78 Å². The van der Waals surface area contributed by atoms with Gasteiger partial charge in [0.15, 0.2) is 11.5 Å². The van der Waals surface area contributed by atoms with E-state index >= 15 is 0 Å². The number of imidazole rings is 1. The van der Waals surface area contributed by atoms with Gasteiger partial charge in [-0.05, 0) is 37.1 Å². The minimum atomic E-state index is -3.89. The molecule has 3 aromatic carbocycles. The highest BCUT2D eigenvalue weighted by Gasteiger charge is 2.44. The summed E-state index contributed by atoms with van der Waals surface area (Å²) >= 11 is 0. The Balaban J connectivity index is 1.27. The first-order valence-electron chi connectivity index (χ1n) is 11.2. The topological polar surface area (TPSA) is 73.7 Å². The van der Waals surface area contributed by atoms with Crippen LogP contribution in [0.25, 0.3) is 22.4 Å². The number of para-hydroxylation sites is 2. The molecule has 1 fully saturated rings. The summed E-state index contributed by atoms with van der Waals surface area (Å²) in [6.07, 6.45) is -2.63. The summed E-state index contributed by atoms with van der Waals surface area (Å²) in [5, 5.41) is 0. The van der Waals surface area contributed by atoms with E-state index in [0.717, 1.165) is 28.5 Å². The third-order valence-corrected chi connectivity index (χ3v) is 8.32. The molecule has 0 N–H and O–H groups in total. The maximum Gasteiger partial charge on any atom is 0.586 e. The maximum absolute atomic E-state index is 13.4. The van der Waals surface area contributed by atoms with E-state index in [0.29, 0.717) is 25.9 Å². The Labute approximate surface area is 200 Å². The van der Waals surface area contributed by atoms with Gasteiger partial charge in [-0.1, -0.05) is 42.5 Å². The Kier molecular flexibility index (Phi) is 5.05. The van der Waals surface area contributed by atoms with E-state index in [9.17, 15) is 17.2 Å². The molecule has 0 saturated carbocycles. The summed E-state index contributed by atoms with van der Waals surface area (Å²) in [5.41, 5.74) is 2.89. The molecule has 180 valence electrons. The molecular formula is C25H21F2N3O4S. The van der Waals surface area contributed by atoms with E-state index in [4.69, 9.17) is 4.98 Å². The molecule has 0 amide bonds. The number of nitrogens with zero attached hydrogens (tertiary/aromatic N) is 3. The molecule has 0 atom stereocenters. The van der Waals surface area contributed by atoms with Gasteiger partial charge < -0.3 is 14.0 Å². The third-order valence-electron chi connectivity index (χ3n) is 6.43. The molecule has 10 heteroatoms. The van der Waals surface area contributed by atoms with Crippen LogP contribution in [0.5, 0.6) is 11.5 Å². The number of sulfonamides is 1. The number of alkyl halides is 2. The standard InChI is InChI=1S/C25H21F2N3O4S/c26-25(27)33-22-11-10-19(16-23(22)34-25)35(31,32)29-14-12-18(13-15-29)30-21-9-5-4-8-20(21)28-24(30)17-6-2-1-3-7-17/h1-11,16,18H,12-15H2. The Morgan fingerprint density at radius 1 is 0.886 bits per heavy atom. The van der Waals surface area contributed by atoms with Crippen LogP contribution >= 0.6 is 0 Å². The molecule has 1 aromatic heterocycles. The zero-order chi connectivity index (χ0) is 24.2. The van der Waals surface area contributed by atoms with Crippen LogP contribution in [0.2, 0.25) is 0 Å². The van der Waals surface area contributed by atoms with Crippen LogP contribution in [0.1, 0.15) is 18.9 Å². The Hall–Kier alpha value is -3.50. The first-order chi connectivity index (χ1) is 16.8. The largest absolute Gasteiger partial charge is 0.586 e. The number of hydrogen-bond acceptors (Lipinski definition) is 5. The molecular weight excluding hydrogens is 476 g/mol. The monoisotopic (exact) mass is 497 g/mol. The SMILES string of the molecule is O=S(=O)(c1ccc2c(c1)OC(F)(F)O2)N1CCC(n2c(-c3ccccc3)nc3ccccc32)CC1. The van der Waals surface area contributed by atoms with Crippen molar-refractivity contribution in [3.05, 3.63) is 72.8 Å². The lowest BCUT2D eigenvalue weighted by Crippen LogP contribution is -2.39. The van der Waals surface area contributed by atoms with Gasteiger partial charge in [-0.15, -0.1) is 8.78 Å². The molecule has 6 rings (SSSR count). The first kappa shape index (κ1) is 22.0. The van der Waals surface area contributed by atoms with E-state index in [-0.39, 0.29) is 22.4 Å². The summed E-state index contributed by atoms with van der Waals surface area (Å²) in [6.45, 7) is 0.580. The van der Waals surface area contributed by atoms with Crippen molar-refractivity contribution in [3.8, 4) is 22.9 Å². The number of fused-ring (bicyclic) bond motifs is 2. The average molecular weight is 498 g/mol. The predicted molar refractivity (Wildman–Crippen MR) is 125 cm³/mol. The third kappa shape index (κ3) is 3.82. The van der Waals surface area contributed by atoms with Crippen LogP contribution in [-0.2, 0) is 10.0 Å². The zero-order valence-electron chi connectivity index (χ0n) is 18.5.